The number of carbonyl (C=O) groups is 1. The number of hydrogen-bond acceptors (Lipinski definition) is 4. The molecule has 18 heavy (non-hydrogen) atoms. The molecule has 2 aliphatic rings. The molecular formula is C13H22N2O3. The van der Waals surface area contributed by atoms with E-state index in [2.05, 4.69) is 0 Å². The lowest BCUT2D eigenvalue weighted by Crippen LogP contribution is -2.37. The third kappa shape index (κ3) is 3.95. The van der Waals surface area contributed by atoms with Gasteiger partial charge in [-0.1, -0.05) is 19.3 Å². The predicted molar refractivity (Wildman–Crippen MR) is 68.6 cm³/mol. The molecule has 0 unspecified atom stereocenters. The fourth-order valence-electron chi connectivity index (χ4n) is 2.26. The summed E-state index contributed by atoms with van der Waals surface area (Å²) in [5, 5.41) is 8.87. The molecule has 2 aliphatic carbocycles. The summed E-state index contributed by atoms with van der Waals surface area (Å²) in [6.07, 6.45) is 6.89. The average Bonchev–Trinajstić information content (AvgIpc) is 3.14. The summed E-state index contributed by atoms with van der Waals surface area (Å²) in [5.41, 5.74) is 10.0. The Bertz CT molecular complexity index is 338. The highest BCUT2D eigenvalue weighted by Gasteiger charge is 2.39. The van der Waals surface area contributed by atoms with Crippen molar-refractivity contribution in [2.45, 2.75) is 51.0 Å². The third-order valence-corrected chi connectivity index (χ3v) is 3.67. The van der Waals surface area contributed by atoms with E-state index in [-0.39, 0.29) is 12.1 Å². The molecule has 2 rings (SSSR count). The van der Waals surface area contributed by atoms with Gasteiger partial charge >= 0.3 is 5.97 Å². The number of carbonyl (C=O) groups excluding carboxylic acids is 1. The standard InChI is InChI=1S/C10H15NO3.C3H7N/c11-7-10(4-2-1-3-5-10)8(6-12)9(13)14;4-3-1-2-3/h1-5,7,11H2,(H,13,14);3H,1-2,4H2. The van der Waals surface area contributed by atoms with E-state index in [1.165, 1.54) is 12.8 Å². The Kier molecular flexibility index (Phi) is 5.54. The van der Waals surface area contributed by atoms with Gasteiger partial charge in [-0.2, -0.15) is 0 Å². The van der Waals surface area contributed by atoms with Crippen LogP contribution >= 0.6 is 0 Å². The zero-order valence-corrected chi connectivity index (χ0v) is 10.7. The Balaban J connectivity index is 0.000000341. The fraction of sp³-hybridized carbons (Fsp3) is 0.769. The van der Waals surface area contributed by atoms with E-state index >= 15 is 0 Å². The smallest absolute Gasteiger partial charge is 0.343 e. The Morgan fingerprint density at radius 2 is 1.78 bits per heavy atom. The lowest BCUT2D eigenvalue weighted by atomic mass is 9.69. The molecule has 102 valence electrons. The lowest BCUT2D eigenvalue weighted by molar-refractivity contribution is -0.134. The number of carboxylic acids is 1. The highest BCUT2D eigenvalue weighted by Crippen LogP contribution is 2.40. The quantitative estimate of drug-likeness (QED) is 0.511. The van der Waals surface area contributed by atoms with Crippen molar-refractivity contribution in [2.24, 2.45) is 16.9 Å². The van der Waals surface area contributed by atoms with Crippen LogP contribution in [0.5, 0.6) is 0 Å². The largest absolute Gasteiger partial charge is 0.477 e. The molecule has 5 heteroatoms. The predicted octanol–water partition coefficient (Wildman–Crippen LogP) is 0.846. The maximum absolute atomic E-state index is 10.8. The van der Waals surface area contributed by atoms with Crippen LogP contribution < -0.4 is 11.5 Å². The Hall–Kier alpha value is -1.16. The van der Waals surface area contributed by atoms with Crippen molar-refractivity contribution in [1.29, 1.82) is 0 Å². The first-order chi connectivity index (χ1) is 8.55. The van der Waals surface area contributed by atoms with Gasteiger partial charge in [0.05, 0.1) is 0 Å². The van der Waals surface area contributed by atoms with Crippen LogP contribution in [0.1, 0.15) is 44.9 Å². The van der Waals surface area contributed by atoms with Gasteiger partial charge in [-0.05, 0) is 25.7 Å². The van der Waals surface area contributed by atoms with Crippen LogP contribution in [0.25, 0.3) is 0 Å². The van der Waals surface area contributed by atoms with E-state index in [4.69, 9.17) is 16.6 Å². The summed E-state index contributed by atoms with van der Waals surface area (Å²) in [7, 11) is 0. The van der Waals surface area contributed by atoms with Crippen molar-refractivity contribution in [1.82, 2.24) is 0 Å². The number of aliphatic carboxylic acids is 1. The van der Waals surface area contributed by atoms with E-state index in [9.17, 15) is 9.59 Å². The molecule has 0 radical (unpaired) electrons. The van der Waals surface area contributed by atoms with Crippen LogP contribution in [0.2, 0.25) is 0 Å². The summed E-state index contributed by atoms with van der Waals surface area (Å²) in [6, 6.07) is 0.583. The first kappa shape index (κ1) is 14.9. The van der Waals surface area contributed by atoms with Crippen molar-refractivity contribution >= 4 is 11.9 Å². The topological polar surface area (TPSA) is 106 Å². The number of carboxylic acid groups (broad SMARTS) is 1. The molecule has 0 bridgehead atoms. The van der Waals surface area contributed by atoms with E-state index in [1.54, 1.807) is 5.94 Å². The Morgan fingerprint density at radius 3 is 2.06 bits per heavy atom. The summed E-state index contributed by atoms with van der Waals surface area (Å²) >= 11 is 0. The summed E-state index contributed by atoms with van der Waals surface area (Å²) in [4.78, 5) is 21.5. The van der Waals surface area contributed by atoms with Gasteiger partial charge in [0.1, 0.15) is 11.5 Å². The summed E-state index contributed by atoms with van der Waals surface area (Å²) < 4.78 is 0. The Morgan fingerprint density at radius 1 is 1.28 bits per heavy atom. The molecule has 0 spiro atoms. The Labute approximate surface area is 107 Å². The van der Waals surface area contributed by atoms with Crippen molar-refractivity contribution in [3.8, 4) is 0 Å². The minimum atomic E-state index is -1.17. The lowest BCUT2D eigenvalue weighted by Gasteiger charge is -2.34. The van der Waals surface area contributed by atoms with Gasteiger partial charge in [0.25, 0.3) is 0 Å². The molecule has 0 heterocycles. The molecule has 0 saturated heterocycles. The molecule has 2 saturated carbocycles. The number of rotatable bonds is 3. The van der Waals surface area contributed by atoms with E-state index in [0.717, 1.165) is 19.3 Å². The molecular weight excluding hydrogens is 232 g/mol. The van der Waals surface area contributed by atoms with E-state index < -0.39 is 11.4 Å². The molecule has 0 aromatic heterocycles. The highest BCUT2D eigenvalue weighted by atomic mass is 16.4. The highest BCUT2D eigenvalue weighted by molar-refractivity contribution is 5.97. The van der Waals surface area contributed by atoms with Gasteiger partial charge in [0.15, 0.2) is 0 Å². The average molecular weight is 254 g/mol. The molecule has 0 amide bonds. The third-order valence-electron chi connectivity index (χ3n) is 3.67. The second kappa shape index (κ2) is 6.69. The van der Waals surface area contributed by atoms with Crippen LogP contribution in [0.3, 0.4) is 0 Å². The monoisotopic (exact) mass is 254 g/mol. The van der Waals surface area contributed by atoms with Crippen molar-refractivity contribution < 1.29 is 14.7 Å². The molecule has 5 N–H and O–H groups in total. The van der Waals surface area contributed by atoms with Gasteiger partial charge in [-0.25, -0.2) is 9.59 Å². The number of nitrogens with two attached hydrogens (primary N) is 2. The molecule has 0 atom stereocenters. The second-order valence-corrected chi connectivity index (χ2v) is 5.16. The first-order valence-electron chi connectivity index (χ1n) is 6.50. The minimum Gasteiger partial charge on any atom is -0.477 e. The molecule has 5 nitrogen and oxygen atoms in total. The second-order valence-electron chi connectivity index (χ2n) is 5.16. The minimum absolute atomic E-state index is 0.167. The molecule has 0 aromatic carbocycles. The van der Waals surface area contributed by atoms with Gasteiger partial charge in [-0.3, -0.25) is 0 Å². The van der Waals surface area contributed by atoms with Crippen LogP contribution in [0.15, 0.2) is 5.57 Å². The molecule has 0 aliphatic heterocycles. The van der Waals surface area contributed by atoms with Crippen LogP contribution in [-0.4, -0.2) is 29.6 Å². The van der Waals surface area contributed by atoms with Crippen molar-refractivity contribution in [3.63, 3.8) is 0 Å². The van der Waals surface area contributed by atoms with E-state index in [0.29, 0.717) is 18.9 Å². The van der Waals surface area contributed by atoms with Crippen LogP contribution in [-0.2, 0) is 9.59 Å². The molecule has 0 aromatic rings. The van der Waals surface area contributed by atoms with Gasteiger partial charge in [0.2, 0.25) is 0 Å². The van der Waals surface area contributed by atoms with Crippen LogP contribution in [0, 0.1) is 5.41 Å². The van der Waals surface area contributed by atoms with E-state index in [1.807, 2.05) is 0 Å². The SMILES string of the molecule is NC1CC1.NCC1(C(=C=O)C(=O)O)CCCCC1. The summed E-state index contributed by atoms with van der Waals surface area (Å²) in [6.45, 7) is 0.226. The first-order valence-corrected chi connectivity index (χ1v) is 6.50. The molecule has 2 fully saturated rings. The van der Waals surface area contributed by atoms with Crippen molar-refractivity contribution in [2.75, 3.05) is 6.54 Å². The van der Waals surface area contributed by atoms with Gasteiger partial charge in [-0.15, -0.1) is 0 Å². The fourth-order valence-corrected chi connectivity index (χ4v) is 2.26. The zero-order valence-electron chi connectivity index (χ0n) is 10.7. The number of hydrogen-bond donors (Lipinski definition) is 3. The maximum atomic E-state index is 10.8. The van der Waals surface area contributed by atoms with Gasteiger partial charge < -0.3 is 16.6 Å². The normalized spacial score (nSPS) is 21.2. The zero-order chi connectivity index (χ0) is 13.6. The van der Waals surface area contributed by atoms with Crippen molar-refractivity contribution in [3.05, 3.63) is 5.57 Å². The summed E-state index contributed by atoms with van der Waals surface area (Å²) in [5.74, 6) is 0.376. The van der Waals surface area contributed by atoms with Crippen LogP contribution in [0.4, 0.5) is 0 Å². The van der Waals surface area contributed by atoms with Gasteiger partial charge in [0, 0.05) is 18.0 Å². The maximum Gasteiger partial charge on any atom is 0.343 e.